The molecule has 126 valence electrons. The number of anilines is 1. The molecule has 2 atom stereocenters. The largest absolute Gasteiger partial charge is 0.347 e. The van der Waals surface area contributed by atoms with E-state index in [1.807, 2.05) is 13.8 Å². The Kier molecular flexibility index (Phi) is 7.74. The predicted octanol–water partition coefficient (Wildman–Crippen LogP) is 2.69. The standard InChI is InChI=1S/C16H22BrN3O3/c1-4-10(2)14(15(22)18-9-11(3)21)20-16(23)19-13-7-5-12(17)6-8-13/h5-8,10,14H,4,9H2,1-3H3,(H,18,22)(H2,19,20,23)/t10-,14-/m0/s1. The van der Waals surface area contributed by atoms with Crippen LogP contribution in [0.4, 0.5) is 10.5 Å². The highest BCUT2D eigenvalue weighted by molar-refractivity contribution is 9.10. The van der Waals surface area contributed by atoms with Crippen LogP contribution < -0.4 is 16.0 Å². The molecule has 0 fully saturated rings. The predicted molar refractivity (Wildman–Crippen MR) is 93.2 cm³/mol. The van der Waals surface area contributed by atoms with Crippen LogP contribution in [-0.2, 0) is 9.59 Å². The fraction of sp³-hybridized carbons (Fsp3) is 0.438. The molecule has 1 aromatic carbocycles. The first-order valence-corrected chi connectivity index (χ1v) is 8.23. The van der Waals surface area contributed by atoms with Crippen LogP contribution in [0.25, 0.3) is 0 Å². The number of halogens is 1. The Balaban J connectivity index is 2.68. The van der Waals surface area contributed by atoms with E-state index >= 15 is 0 Å². The average molecular weight is 384 g/mol. The summed E-state index contributed by atoms with van der Waals surface area (Å²) in [6.45, 7) is 5.16. The van der Waals surface area contributed by atoms with Crippen LogP contribution >= 0.6 is 15.9 Å². The van der Waals surface area contributed by atoms with Crippen molar-refractivity contribution in [3.63, 3.8) is 0 Å². The van der Waals surface area contributed by atoms with Gasteiger partial charge in [-0.05, 0) is 37.1 Å². The van der Waals surface area contributed by atoms with E-state index in [9.17, 15) is 14.4 Å². The normalized spacial score (nSPS) is 12.9. The van der Waals surface area contributed by atoms with Crippen molar-refractivity contribution in [1.82, 2.24) is 10.6 Å². The van der Waals surface area contributed by atoms with Crippen LogP contribution in [-0.4, -0.2) is 30.3 Å². The average Bonchev–Trinajstić information content (AvgIpc) is 2.51. The Morgan fingerprint density at radius 3 is 2.30 bits per heavy atom. The molecule has 0 spiro atoms. The molecule has 3 amide bonds. The van der Waals surface area contributed by atoms with Crippen molar-refractivity contribution in [2.24, 2.45) is 5.92 Å². The van der Waals surface area contributed by atoms with E-state index in [0.717, 1.165) is 10.9 Å². The van der Waals surface area contributed by atoms with Crippen LogP contribution in [0.15, 0.2) is 28.7 Å². The number of hydrogen-bond acceptors (Lipinski definition) is 3. The first-order valence-electron chi connectivity index (χ1n) is 7.43. The number of rotatable bonds is 7. The molecule has 0 saturated heterocycles. The summed E-state index contributed by atoms with van der Waals surface area (Å²) in [5, 5.41) is 7.89. The minimum atomic E-state index is -0.699. The molecule has 0 aliphatic carbocycles. The van der Waals surface area contributed by atoms with Crippen molar-refractivity contribution in [2.45, 2.75) is 33.2 Å². The van der Waals surface area contributed by atoms with Gasteiger partial charge in [-0.2, -0.15) is 0 Å². The van der Waals surface area contributed by atoms with Crippen molar-refractivity contribution in [3.8, 4) is 0 Å². The van der Waals surface area contributed by atoms with Gasteiger partial charge < -0.3 is 16.0 Å². The van der Waals surface area contributed by atoms with E-state index in [1.165, 1.54) is 6.92 Å². The van der Waals surface area contributed by atoms with Gasteiger partial charge in [0.15, 0.2) is 0 Å². The van der Waals surface area contributed by atoms with Crippen molar-refractivity contribution in [3.05, 3.63) is 28.7 Å². The molecular weight excluding hydrogens is 362 g/mol. The van der Waals surface area contributed by atoms with Crippen molar-refractivity contribution in [1.29, 1.82) is 0 Å². The van der Waals surface area contributed by atoms with Gasteiger partial charge in [-0.15, -0.1) is 0 Å². The number of carbonyl (C=O) groups is 3. The summed E-state index contributed by atoms with van der Waals surface area (Å²) in [5.41, 5.74) is 0.623. The molecule has 1 rings (SSSR count). The first kappa shape index (κ1) is 19.2. The van der Waals surface area contributed by atoms with Crippen LogP contribution in [0.3, 0.4) is 0 Å². The van der Waals surface area contributed by atoms with Gasteiger partial charge in [0.2, 0.25) is 5.91 Å². The van der Waals surface area contributed by atoms with Crippen molar-refractivity contribution in [2.75, 3.05) is 11.9 Å². The second-order valence-corrected chi connectivity index (χ2v) is 6.30. The second kappa shape index (κ2) is 9.29. The molecule has 1 aromatic rings. The number of hydrogen-bond donors (Lipinski definition) is 3. The van der Waals surface area contributed by atoms with Gasteiger partial charge in [0.25, 0.3) is 0 Å². The molecule has 23 heavy (non-hydrogen) atoms. The summed E-state index contributed by atoms with van der Waals surface area (Å²) in [6, 6.07) is 5.95. The second-order valence-electron chi connectivity index (χ2n) is 5.39. The minimum Gasteiger partial charge on any atom is -0.347 e. The lowest BCUT2D eigenvalue weighted by atomic mass is 9.98. The van der Waals surface area contributed by atoms with E-state index in [1.54, 1.807) is 24.3 Å². The van der Waals surface area contributed by atoms with Crippen LogP contribution in [0.5, 0.6) is 0 Å². The zero-order valence-corrected chi connectivity index (χ0v) is 15.1. The number of carbonyl (C=O) groups excluding carboxylic acids is 3. The highest BCUT2D eigenvalue weighted by Gasteiger charge is 2.25. The number of amides is 3. The first-order chi connectivity index (χ1) is 10.8. The monoisotopic (exact) mass is 383 g/mol. The Hall–Kier alpha value is -1.89. The van der Waals surface area contributed by atoms with Gasteiger partial charge in [0, 0.05) is 10.2 Å². The third-order valence-electron chi connectivity index (χ3n) is 3.40. The van der Waals surface area contributed by atoms with Crippen LogP contribution in [0.2, 0.25) is 0 Å². The molecule has 0 aliphatic heterocycles. The molecule has 0 bridgehead atoms. The quantitative estimate of drug-likeness (QED) is 0.676. The van der Waals surface area contributed by atoms with Crippen LogP contribution in [0.1, 0.15) is 27.2 Å². The summed E-state index contributed by atoms with van der Waals surface area (Å²) in [5.74, 6) is -0.557. The van der Waals surface area contributed by atoms with Crippen molar-refractivity contribution < 1.29 is 14.4 Å². The van der Waals surface area contributed by atoms with Crippen LogP contribution in [0, 0.1) is 5.92 Å². The fourth-order valence-corrected chi connectivity index (χ4v) is 2.13. The smallest absolute Gasteiger partial charge is 0.319 e. The maximum Gasteiger partial charge on any atom is 0.319 e. The Morgan fingerprint density at radius 2 is 1.78 bits per heavy atom. The molecule has 0 radical (unpaired) electrons. The number of benzene rings is 1. The van der Waals surface area contributed by atoms with E-state index in [0.29, 0.717) is 5.69 Å². The molecule has 6 nitrogen and oxygen atoms in total. The number of ketones is 1. The number of urea groups is 1. The topological polar surface area (TPSA) is 87.3 Å². The summed E-state index contributed by atoms with van der Waals surface area (Å²) >= 11 is 3.32. The number of nitrogens with one attached hydrogen (secondary N) is 3. The highest BCUT2D eigenvalue weighted by atomic mass is 79.9. The SMILES string of the molecule is CC[C@H](C)[C@H](NC(=O)Nc1ccc(Br)cc1)C(=O)NCC(C)=O. The van der Waals surface area contributed by atoms with Gasteiger partial charge in [0.1, 0.15) is 11.8 Å². The highest BCUT2D eigenvalue weighted by Crippen LogP contribution is 2.14. The van der Waals surface area contributed by atoms with Gasteiger partial charge in [0.05, 0.1) is 6.54 Å². The molecule has 0 saturated carbocycles. The van der Waals surface area contributed by atoms with E-state index in [-0.39, 0.29) is 24.2 Å². The summed E-state index contributed by atoms with van der Waals surface area (Å²) < 4.78 is 0.907. The van der Waals surface area contributed by atoms with Gasteiger partial charge in [-0.1, -0.05) is 36.2 Å². The summed E-state index contributed by atoms with van der Waals surface area (Å²) in [4.78, 5) is 35.2. The lowest BCUT2D eigenvalue weighted by Crippen LogP contribution is -2.52. The van der Waals surface area contributed by atoms with Gasteiger partial charge in [-0.3, -0.25) is 9.59 Å². The molecule has 7 heteroatoms. The van der Waals surface area contributed by atoms with E-state index < -0.39 is 12.1 Å². The minimum absolute atomic E-state index is 0.0399. The van der Waals surface area contributed by atoms with E-state index in [2.05, 4.69) is 31.9 Å². The molecule has 3 N–H and O–H groups in total. The zero-order valence-electron chi connectivity index (χ0n) is 13.5. The maximum atomic E-state index is 12.2. The Morgan fingerprint density at radius 1 is 1.17 bits per heavy atom. The zero-order chi connectivity index (χ0) is 17.4. The summed E-state index contributed by atoms with van der Waals surface area (Å²) in [6.07, 6.45) is 0.719. The Bertz CT molecular complexity index is 560. The Labute approximate surface area is 144 Å². The van der Waals surface area contributed by atoms with Gasteiger partial charge >= 0.3 is 6.03 Å². The molecule has 0 aliphatic rings. The van der Waals surface area contributed by atoms with E-state index in [4.69, 9.17) is 0 Å². The third kappa shape index (κ3) is 6.81. The molecular formula is C16H22BrN3O3. The number of Topliss-reactive ketones (excluding diaryl/α,β-unsaturated/α-hetero) is 1. The molecule has 0 heterocycles. The summed E-state index contributed by atoms with van der Waals surface area (Å²) in [7, 11) is 0. The fourth-order valence-electron chi connectivity index (χ4n) is 1.87. The lowest BCUT2D eigenvalue weighted by molar-refractivity contribution is -0.126. The lowest BCUT2D eigenvalue weighted by Gasteiger charge is -2.23. The van der Waals surface area contributed by atoms with Crippen molar-refractivity contribution >= 4 is 39.3 Å². The molecule has 0 unspecified atom stereocenters. The maximum absolute atomic E-state index is 12.2. The third-order valence-corrected chi connectivity index (χ3v) is 3.92. The van der Waals surface area contributed by atoms with Gasteiger partial charge in [-0.25, -0.2) is 4.79 Å². The molecule has 0 aromatic heterocycles.